The molecule has 0 N–H and O–H groups in total. The van der Waals surface area contributed by atoms with Gasteiger partial charge in [0.1, 0.15) is 6.04 Å². The van der Waals surface area contributed by atoms with Gasteiger partial charge in [-0.1, -0.05) is 29.8 Å². The van der Waals surface area contributed by atoms with Gasteiger partial charge in [-0.3, -0.25) is 4.79 Å². The first kappa shape index (κ1) is 16.9. The molecule has 136 valence electrons. The number of carbonyl (C=O) groups is 1. The summed E-state index contributed by atoms with van der Waals surface area (Å²) in [6.45, 7) is 2.95. The molecule has 0 aliphatic carbocycles. The predicted octanol–water partition coefficient (Wildman–Crippen LogP) is 4.53. The average Bonchev–Trinajstić information content (AvgIpc) is 3.09. The Balaban J connectivity index is 1.79. The van der Waals surface area contributed by atoms with Crippen LogP contribution in [0.1, 0.15) is 29.5 Å². The number of nitrogens with zero attached hydrogens (tertiary/aromatic N) is 2. The van der Waals surface area contributed by atoms with Crippen molar-refractivity contribution >= 4 is 17.3 Å². The molecule has 2 heterocycles. The fourth-order valence-electron chi connectivity index (χ4n) is 3.81. The van der Waals surface area contributed by atoms with Crippen LogP contribution in [0.4, 0.5) is 24.5 Å². The lowest BCUT2D eigenvalue weighted by Gasteiger charge is -2.40. The number of fused-ring (bicyclic) bond motifs is 3. The normalized spacial score (nSPS) is 19.5. The molecular formula is C20H19F3N2O. The molecule has 2 aliphatic rings. The highest BCUT2D eigenvalue weighted by Gasteiger charge is 2.42. The second kappa shape index (κ2) is 6.04. The highest BCUT2D eigenvalue weighted by Crippen LogP contribution is 2.43. The van der Waals surface area contributed by atoms with Crippen LogP contribution < -0.4 is 9.80 Å². The summed E-state index contributed by atoms with van der Waals surface area (Å²) in [7, 11) is 0. The Bertz CT molecular complexity index is 845. The van der Waals surface area contributed by atoms with Crippen LogP contribution in [0.2, 0.25) is 0 Å². The summed E-state index contributed by atoms with van der Waals surface area (Å²) >= 11 is 0. The van der Waals surface area contributed by atoms with E-state index in [1.807, 2.05) is 36.1 Å². The lowest BCUT2D eigenvalue weighted by molar-refractivity contribution is -0.137. The number of hydrogen-bond donors (Lipinski definition) is 0. The Kier molecular flexibility index (Phi) is 3.93. The minimum absolute atomic E-state index is 0.116. The van der Waals surface area contributed by atoms with Gasteiger partial charge in [0, 0.05) is 6.54 Å². The third-order valence-electron chi connectivity index (χ3n) is 5.17. The molecule has 1 saturated heterocycles. The largest absolute Gasteiger partial charge is 0.416 e. The maximum absolute atomic E-state index is 13.2. The number of carbonyl (C=O) groups excluding carboxylic acids is 1. The topological polar surface area (TPSA) is 23.6 Å². The van der Waals surface area contributed by atoms with E-state index in [9.17, 15) is 18.0 Å². The van der Waals surface area contributed by atoms with E-state index in [0.717, 1.165) is 36.1 Å². The lowest BCUT2D eigenvalue weighted by atomic mass is 10.0. The van der Waals surface area contributed by atoms with Crippen LogP contribution in [0.5, 0.6) is 0 Å². The third-order valence-corrected chi connectivity index (χ3v) is 5.17. The highest BCUT2D eigenvalue weighted by atomic mass is 19.4. The van der Waals surface area contributed by atoms with E-state index in [-0.39, 0.29) is 18.5 Å². The molecule has 0 saturated carbocycles. The molecule has 1 atom stereocenters. The SMILES string of the molecule is Cc1ccc(CN2C(=O)[C@@H]3CCCN3c3ccc(C(F)(F)F)cc32)cc1. The zero-order valence-electron chi connectivity index (χ0n) is 14.4. The summed E-state index contributed by atoms with van der Waals surface area (Å²) in [5, 5.41) is 0. The maximum Gasteiger partial charge on any atom is 0.416 e. The van der Waals surface area contributed by atoms with Crippen molar-refractivity contribution in [1.82, 2.24) is 0 Å². The summed E-state index contributed by atoms with van der Waals surface area (Å²) in [5.41, 5.74) is 2.34. The van der Waals surface area contributed by atoms with Crippen molar-refractivity contribution in [2.75, 3.05) is 16.3 Å². The third kappa shape index (κ3) is 2.83. The molecule has 2 aromatic rings. The number of halogens is 3. The van der Waals surface area contributed by atoms with Crippen molar-refractivity contribution in [3.8, 4) is 0 Å². The first-order chi connectivity index (χ1) is 12.3. The number of hydrogen-bond acceptors (Lipinski definition) is 2. The quantitative estimate of drug-likeness (QED) is 0.786. The monoisotopic (exact) mass is 360 g/mol. The average molecular weight is 360 g/mol. The molecule has 0 unspecified atom stereocenters. The van der Waals surface area contributed by atoms with Gasteiger partial charge in [-0.15, -0.1) is 0 Å². The molecular weight excluding hydrogens is 341 g/mol. The van der Waals surface area contributed by atoms with Crippen LogP contribution in [0, 0.1) is 6.92 Å². The Morgan fingerprint density at radius 3 is 2.50 bits per heavy atom. The van der Waals surface area contributed by atoms with E-state index < -0.39 is 11.7 Å². The number of anilines is 2. The summed E-state index contributed by atoms with van der Waals surface area (Å²) in [5.74, 6) is -0.116. The van der Waals surface area contributed by atoms with Crippen molar-refractivity contribution in [2.24, 2.45) is 0 Å². The fourth-order valence-corrected chi connectivity index (χ4v) is 3.81. The molecule has 3 nitrogen and oxygen atoms in total. The van der Waals surface area contributed by atoms with Gasteiger partial charge < -0.3 is 9.80 Å². The standard InChI is InChI=1S/C20H19F3N2O/c1-13-4-6-14(7-5-13)12-25-18-11-15(20(21,22)23)8-9-16(18)24-10-2-3-17(24)19(25)26/h4-9,11,17H,2-3,10,12H2,1H3/t17-/m0/s1. The molecule has 1 fully saturated rings. The lowest BCUT2D eigenvalue weighted by Crippen LogP contribution is -2.50. The molecule has 1 amide bonds. The first-order valence-corrected chi connectivity index (χ1v) is 8.69. The Morgan fingerprint density at radius 2 is 1.81 bits per heavy atom. The van der Waals surface area contributed by atoms with Gasteiger partial charge in [-0.2, -0.15) is 13.2 Å². The summed E-state index contributed by atoms with van der Waals surface area (Å²) in [6, 6.07) is 11.2. The van der Waals surface area contributed by atoms with E-state index in [1.165, 1.54) is 11.0 Å². The number of alkyl halides is 3. The molecule has 2 aliphatic heterocycles. The van der Waals surface area contributed by atoms with E-state index in [4.69, 9.17) is 0 Å². The van der Waals surface area contributed by atoms with Crippen LogP contribution in [0.3, 0.4) is 0 Å². The number of benzene rings is 2. The maximum atomic E-state index is 13.2. The van der Waals surface area contributed by atoms with E-state index in [0.29, 0.717) is 17.9 Å². The van der Waals surface area contributed by atoms with Crippen molar-refractivity contribution in [3.05, 3.63) is 59.2 Å². The first-order valence-electron chi connectivity index (χ1n) is 8.69. The molecule has 0 spiro atoms. The van der Waals surface area contributed by atoms with E-state index in [2.05, 4.69) is 0 Å². The second-order valence-electron chi connectivity index (χ2n) is 6.96. The van der Waals surface area contributed by atoms with Crippen LogP contribution in [-0.4, -0.2) is 18.5 Å². The molecule has 6 heteroatoms. The number of amides is 1. The van der Waals surface area contributed by atoms with Crippen LogP contribution in [-0.2, 0) is 17.5 Å². The molecule has 0 radical (unpaired) electrons. The minimum atomic E-state index is -4.44. The van der Waals surface area contributed by atoms with Crippen molar-refractivity contribution < 1.29 is 18.0 Å². The van der Waals surface area contributed by atoms with Crippen LogP contribution in [0.25, 0.3) is 0 Å². The Morgan fingerprint density at radius 1 is 1.08 bits per heavy atom. The van der Waals surface area contributed by atoms with E-state index in [1.54, 1.807) is 0 Å². The van der Waals surface area contributed by atoms with Crippen LogP contribution >= 0.6 is 0 Å². The molecule has 0 aromatic heterocycles. The summed E-state index contributed by atoms with van der Waals surface area (Å²) < 4.78 is 39.6. The van der Waals surface area contributed by atoms with Gasteiger partial charge in [0.25, 0.3) is 0 Å². The van der Waals surface area contributed by atoms with Gasteiger partial charge in [-0.05, 0) is 43.5 Å². The van der Waals surface area contributed by atoms with Gasteiger partial charge in [0.2, 0.25) is 5.91 Å². The van der Waals surface area contributed by atoms with Gasteiger partial charge >= 0.3 is 6.18 Å². The van der Waals surface area contributed by atoms with Gasteiger partial charge in [0.05, 0.1) is 23.5 Å². The van der Waals surface area contributed by atoms with Gasteiger partial charge in [0.15, 0.2) is 0 Å². The van der Waals surface area contributed by atoms with Gasteiger partial charge in [-0.25, -0.2) is 0 Å². The molecule has 0 bridgehead atoms. The Hall–Kier alpha value is -2.50. The zero-order valence-corrected chi connectivity index (χ0v) is 14.4. The predicted molar refractivity (Wildman–Crippen MR) is 94.2 cm³/mol. The summed E-state index contributed by atoms with van der Waals surface area (Å²) in [6.07, 6.45) is -2.83. The van der Waals surface area contributed by atoms with Crippen molar-refractivity contribution in [1.29, 1.82) is 0 Å². The smallest absolute Gasteiger partial charge is 0.358 e. The Labute approximate surface area is 150 Å². The fraction of sp³-hybridized carbons (Fsp3) is 0.350. The second-order valence-corrected chi connectivity index (χ2v) is 6.96. The molecule has 26 heavy (non-hydrogen) atoms. The summed E-state index contributed by atoms with van der Waals surface area (Å²) in [4.78, 5) is 16.5. The highest BCUT2D eigenvalue weighted by molar-refractivity contribution is 6.06. The van der Waals surface area contributed by atoms with Crippen molar-refractivity contribution in [2.45, 2.75) is 38.5 Å². The minimum Gasteiger partial charge on any atom is -0.358 e. The van der Waals surface area contributed by atoms with E-state index >= 15 is 0 Å². The molecule has 2 aromatic carbocycles. The number of rotatable bonds is 2. The zero-order chi connectivity index (χ0) is 18.5. The van der Waals surface area contributed by atoms with Crippen molar-refractivity contribution in [3.63, 3.8) is 0 Å². The number of aryl methyl sites for hydroxylation is 1. The molecule has 4 rings (SSSR count). The van der Waals surface area contributed by atoms with Crippen LogP contribution in [0.15, 0.2) is 42.5 Å².